The van der Waals surface area contributed by atoms with Crippen LogP contribution in [0.25, 0.3) is 0 Å². The summed E-state index contributed by atoms with van der Waals surface area (Å²) in [5.74, 6) is -0.253. The van der Waals surface area contributed by atoms with E-state index in [-0.39, 0.29) is 18.1 Å². The summed E-state index contributed by atoms with van der Waals surface area (Å²) < 4.78 is 26.7. The summed E-state index contributed by atoms with van der Waals surface area (Å²) in [7, 11) is 0. The summed E-state index contributed by atoms with van der Waals surface area (Å²) in [5, 5.41) is 11.6. The molecule has 2 aromatic carbocycles. The molecule has 0 saturated carbocycles. The molecular formula is C22H17BrClFN4O3. The number of carbonyl (C=O) groups excluding carboxylic acids is 1. The number of aryl methyl sites for hydroxylation is 1. The third-order valence-corrected chi connectivity index (χ3v) is 5.60. The topological polar surface area (TPSA) is 82.2 Å². The maximum atomic E-state index is 13.8. The Hall–Kier alpha value is -3.17. The van der Waals surface area contributed by atoms with Gasteiger partial charge in [-0.25, -0.2) is 4.39 Å². The lowest BCUT2D eigenvalue weighted by atomic mass is 10.2. The van der Waals surface area contributed by atoms with Crippen LogP contribution in [0, 0.1) is 12.7 Å². The molecule has 4 aromatic rings. The first-order valence-electron chi connectivity index (χ1n) is 9.52. The van der Waals surface area contributed by atoms with Crippen molar-refractivity contribution >= 4 is 39.3 Å². The highest BCUT2D eigenvalue weighted by atomic mass is 79.9. The average molecular weight is 520 g/mol. The maximum absolute atomic E-state index is 13.8. The number of halogens is 3. The SMILES string of the molecule is Cc1onc(C(=O)Nc2nn(Cc3ccccc3Cl)cc2Br)c1COc1ccccc1F. The van der Waals surface area contributed by atoms with E-state index in [1.165, 1.54) is 12.1 Å². The molecule has 0 unspecified atom stereocenters. The summed E-state index contributed by atoms with van der Waals surface area (Å²) in [6.07, 6.45) is 1.73. The summed E-state index contributed by atoms with van der Waals surface area (Å²) >= 11 is 9.61. The predicted molar refractivity (Wildman–Crippen MR) is 120 cm³/mol. The molecule has 32 heavy (non-hydrogen) atoms. The first-order valence-corrected chi connectivity index (χ1v) is 10.7. The van der Waals surface area contributed by atoms with Crippen LogP contribution in [0.2, 0.25) is 5.02 Å². The standard InChI is InChI=1S/C22H17BrClFN4O3/c1-13-15(12-31-19-9-5-4-8-18(19)25)20(28-32-13)22(30)26-21-16(23)11-29(27-21)10-14-6-2-3-7-17(14)24/h2-9,11H,10,12H2,1H3,(H,26,27,30). The molecule has 1 N–H and O–H groups in total. The van der Waals surface area contributed by atoms with Crippen LogP contribution < -0.4 is 10.1 Å². The summed E-state index contributed by atoms with van der Waals surface area (Å²) in [6, 6.07) is 13.5. The molecule has 0 atom stereocenters. The number of ether oxygens (including phenoxy) is 1. The minimum atomic E-state index is -0.530. The van der Waals surface area contributed by atoms with E-state index in [2.05, 4.69) is 31.5 Å². The van der Waals surface area contributed by atoms with Crippen LogP contribution in [0.3, 0.4) is 0 Å². The molecule has 0 fully saturated rings. The number of anilines is 1. The van der Waals surface area contributed by atoms with Gasteiger partial charge in [0, 0.05) is 11.2 Å². The van der Waals surface area contributed by atoms with Crippen molar-refractivity contribution in [2.24, 2.45) is 0 Å². The number of rotatable bonds is 7. The lowest BCUT2D eigenvalue weighted by Gasteiger charge is -2.07. The Labute approximate surface area is 196 Å². The third-order valence-electron chi connectivity index (χ3n) is 4.65. The molecular weight excluding hydrogens is 503 g/mol. The number of benzene rings is 2. The zero-order valence-electron chi connectivity index (χ0n) is 16.8. The van der Waals surface area contributed by atoms with E-state index in [1.54, 1.807) is 36.0 Å². The summed E-state index contributed by atoms with van der Waals surface area (Å²) in [4.78, 5) is 12.8. The molecule has 0 saturated heterocycles. The van der Waals surface area contributed by atoms with E-state index in [9.17, 15) is 9.18 Å². The van der Waals surface area contributed by atoms with Crippen molar-refractivity contribution in [2.45, 2.75) is 20.1 Å². The Balaban J connectivity index is 1.48. The Morgan fingerprint density at radius 2 is 2.00 bits per heavy atom. The number of nitrogens with one attached hydrogen (secondary N) is 1. The van der Waals surface area contributed by atoms with Gasteiger partial charge < -0.3 is 14.6 Å². The highest BCUT2D eigenvalue weighted by molar-refractivity contribution is 9.10. The monoisotopic (exact) mass is 518 g/mol. The van der Waals surface area contributed by atoms with Crippen LogP contribution in [-0.2, 0) is 13.2 Å². The Kier molecular flexibility index (Phi) is 6.57. The molecule has 4 rings (SSSR count). The second-order valence-corrected chi connectivity index (χ2v) is 8.12. The largest absolute Gasteiger partial charge is 0.486 e. The van der Waals surface area contributed by atoms with Crippen LogP contribution in [0.1, 0.15) is 27.4 Å². The molecule has 164 valence electrons. The van der Waals surface area contributed by atoms with Gasteiger partial charge in [0.2, 0.25) is 0 Å². The third kappa shape index (κ3) is 4.84. The molecule has 0 radical (unpaired) electrons. The van der Waals surface area contributed by atoms with E-state index >= 15 is 0 Å². The Bertz CT molecular complexity index is 1270. The van der Waals surface area contributed by atoms with Gasteiger partial charge in [-0.1, -0.05) is 47.1 Å². The van der Waals surface area contributed by atoms with E-state index in [0.717, 1.165) is 5.56 Å². The molecule has 0 aliphatic heterocycles. The minimum Gasteiger partial charge on any atom is -0.486 e. The van der Waals surface area contributed by atoms with Gasteiger partial charge in [0.05, 0.1) is 16.6 Å². The Morgan fingerprint density at radius 1 is 1.25 bits per heavy atom. The van der Waals surface area contributed by atoms with Gasteiger partial charge in [-0.2, -0.15) is 5.10 Å². The van der Waals surface area contributed by atoms with Crippen LogP contribution in [0.5, 0.6) is 5.75 Å². The lowest BCUT2D eigenvalue weighted by Crippen LogP contribution is -2.16. The van der Waals surface area contributed by atoms with Crippen molar-refractivity contribution < 1.29 is 18.4 Å². The predicted octanol–water partition coefficient (Wildman–Crippen LogP) is 5.61. The van der Waals surface area contributed by atoms with Gasteiger partial charge in [0.25, 0.3) is 5.91 Å². The van der Waals surface area contributed by atoms with Crippen molar-refractivity contribution in [3.8, 4) is 5.75 Å². The fourth-order valence-corrected chi connectivity index (χ4v) is 3.59. The molecule has 2 aromatic heterocycles. The van der Waals surface area contributed by atoms with Crippen molar-refractivity contribution in [1.82, 2.24) is 14.9 Å². The smallest absolute Gasteiger partial charge is 0.279 e. The molecule has 0 aliphatic rings. The van der Waals surface area contributed by atoms with Gasteiger partial charge in [-0.05, 0) is 46.6 Å². The zero-order chi connectivity index (χ0) is 22.7. The number of aromatic nitrogens is 3. The van der Waals surface area contributed by atoms with Crippen LogP contribution in [-0.4, -0.2) is 20.8 Å². The Morgan fingerprint density at radius 3 is 2.78 bits per heavy atom. The van der Waals surface area contributed by atoms with E-state index in [1.807, 2.05) is 18.2 Å². The molecule has 2 heterocycles. The molecule has 0 spiro atoms. The second-order valence-electron chi connectivity index (χ2n) is 6.85. The summed E-state index contributed by atoms with van der Waals surface area (Å²) in [6.45, 7) is 2.00. The summed E-state index contributed by atoms with van der Waals surface area (Å²) in [5.41, 5.74) is 1.34. The van der Waals surface area contributed by atoms with E-state index in [0.29, 0.717) is 33.2 Å². The van der Waals surface area contributed by atoms with E-state index < -0.39 is 11.7 Å². The fraction of sp³-hybridized carbons (Fsp3) is 0.136. The van der Waals surface area contributed by atoms with Gasteiger partial charge in [-0.15, -0.1) is 0 Å². The van der Waals surface area contributed by atoms with Crippen LogP contribution in [0.15, 0.2) is 63.7 Å². The zero-order valence-corrected chi connectivity index (χ0v) is 19.2. The number of hydrogen-bond acceptors (Lipinski definition) is 5. The number of hydrogen-bond donors (Lipinski definition) is 1. The van der Waals surface area contributed by atoms with Gasteiger partial charge in [-0.3, -0.25) is 9.48 Å². The molecule has 0 aliphatic carbocycles. The molecule has 7 nitrogen and oxygen atoms in total. The fourth-order valence-electron chi connectivity index (χ4n) is 2.98. The average Bonchev–Trinajstić information content (AvgIpc) is 3.31. The quantitative estimate of drug-likeness (QED) is 0.343. The first kappa shape index (κ1) is 22.0. The first-order chi connectivity index (χ1) is 15.4. The van der Waals surface area contributed by atoms with Gasteiger partial charge in [0.1, 0.15) is 12.4 Å². The number of carbonyl (C=O) groups is 1. The van der Waals surface area contributed by atoms with Gasteiger partial charge in [0.15, 0.2) is 23.1 Å². The number of para-hydroxylation sites is 1. The number of nitrogens with zero attached hydrogens (tertiary/aromatic N) is 3. The normalized spacial score (nSPS) is 10.9. The second kappa shape index (κ2) is 9.54. The van der Waals surface area contributed by atoms with Crippen LogP contribution >= 0.6 is 27.5 Å². The van der Waals surface area contributed by atoms with Crippen molar-refractivity contribution in [1.29, 1.82) is 0 Å². The van der Waals surface area contributed by atoms with E-state index in [4.69, 9.17) is 20.9 Å². The molecule has 1 amide bonds. The van der Waals surface area contributed by atoms with Crippen LogP contribution in [0.4, 0.5) is 10.2 Å². The van der Waals surface area contributed by atoms with Crippen molar-refractivity contribution in [3.63, 3.8) is 0 Å². The minimum absolute atomic E-state index is 0.0337. The number of amides is 1. The van der Waals surface area contributed by atoms with Gasteiger partial charge >= 0.3 is 0 Å². The van der Waals surface area contributed by atoms with Crippen molar-refractivity contribution in [2.75, 3.05) is 5.32 Å². The highest BCUT2D eigenvalue weighted by Crippen LogP contribution is 2.25. The van der Waals surface area contributed by atoms with Crippen molar-refractivity contribution in [3.05, 3.63) is 92.6 Å². The highest BCUT2D eigenvalue weighted by Gasteiger charge is 2.22. The molecule has 0 bridgehead atoms. The maximum Gasteiger partial charge on any atom is 0.279 e. The lowest BCUT2D eigenvalue weighted by molar-refractivity contribution is 0.101. The molecule has 10 heteroatoms.